The molecule has 0 atom stereocenters. The first-order chi connectivity index (χ1) is 14.9. The maximum atomic E-state index is 12.0. The van der Waals surface area contributed by atoms with Crippen molar-refractivity contribution in [2.24, 2.45) is 0 Å². The van der Waals surface area contributed by atoms with Crippen LogP contribution < -0.4 is 16.0 Å². The van der Waals surface area contributed by atoms with Crippen molar-refractivity contribution < 1.29 is 19.2 Å². The number of non-ortho nitro benzene ring substituents is 1. The molecular weight excluding hydrogens is 420 g/mol. The molecule has 2 rings (SSSR count). The normalized spacial score (nSPS) is 10.5. The molecule has 0 heterocycles. The number of hydrogen-bond acceptors (Lipinski definition) is 6. The summed E-state index contributed by atoms with van der Waals surface area (Å²) in [5, 5.41) is 18.9. The van der Waals surface area contributed by atoms with Gasteiger partial charge in [-0.25, -0.2) is 0 Å². The number of nitrogens with zero attached hydrogens (tertiary/aromatic N) is 1. The number of ether oxygens (including phenoxy) is 1. The SMILES string of the molecule is COCCCNC(=O)c1ccc(NC(=S)NC(=O)/C=C/c2ccc([N+](=O)[O-])cc2)cc1. The number of nitro groups is 1. The van der Waals surface area contributed by atoms with Gasteiger partial charge in [0.2, 0.25) is 5.91 Å². The summed E-state index contributed by atoms with van der Waals surface area (Å²) >= 11 is 5.11. The summed E-state index contributed by atoms with van der Waals surface area (Å²) in [5.74, 6) is -0.641. The van der Waals surface area contributed by atoms with Crippen LogP contribution in [0.15, 0.2) is 54.6 Å². The van der Waals surface area contributed by atoms with Gasteiger partial charge in [0.25, 0.3) is 11.6 Å². The number of benzene rings is 2. The Labute approximate surface area is 184 Å². The number of nitro benzene ring substituents is 1. The van der Waals surface area contributed by atoms with Crippen LogP contribution in [0.2, 0.25) is 0 Å². The number of anilines is 1. The lowest BCUT2D eigenvalue weighted by Gasteiger charge is -2.09. The highest BCUT2D eigenvalue weighted by Crippen LogP contribution is 2.13. The molecule has 0 aliphatic rings. The van der Waals surface area contributed by atoms with Gasteiger partial charge in [-0.15, -0.1) is 0 Å². The van der Waals surface area contributed by atoms with Crippen molar-refractivity contribution in [2.45, 2.75) is 6.42 Å². The van der Waals surface area contributed by atoms with Gasteiger partial charge in [-0.3, -0.25) is 25.0 Å². The van der Waals surface area contributed by atoms with E-state index in [1.165, 1.54) is 36.4 Å². The molecule has 162 valence electrons. The molecular formula is C21H22N4O5S. The van der Waals surface area contributed by atoms with E-state index in [1.807, 2.05) is 0 Å². The molecule has 0 aliphatic carbocycles. The van der Waals surface area contributed by atoms with Gasteiger partial charge in [-0.1, -0.05) is 0 Å². The van der Waals surface area contributed by atoms with Crippen LogP contribution in [-0.2, 0) is 9.53 Å². The number of amides is 2. The molecule has 0 aromatic heterocycles. The topological polar surface area (TPSA) is 123 Å². The standard InChI is InChI=1S/C21H22N4O5S/c1-30-14-2-13-22-20(27)16-6-8-17(9-7-16)23-21(31)24-19(26)12-5-15-3-10-18(11-4-15)25(28)29/h3-12H,2,13-14H2,1H3,(H,22,27)(H2,23,24,26,31)/b12-5+. The maximum Gasteiger partial charge on any atom is 0.269 e. The zero-order valence-electron chi connectivity index (χ0n) is 16.8. The van der Waals surface area contributed by atoms with E-state index < -0.39 is 10.8 Å². The van der Waals surface area contributed by atoms with Crippen molar-refractivity contribution in [3.05, 3.63) is 75.8 Å². The van der Waals surface area contributed by atoms with Crippen molar-refractivity contribution in [3.63, 3.8) is 0 Å². The Bertz CT molecular complexity index is 959. The maximum absolute atomic E-state index is 12.0. The molecule has 2 amide bonds. The Morgan fingerprint density at radius 1 is 1.13 bits per heavy atom. The lowest BCUT2D eigenvalue weighted by molar-refractivity contribution is -0.384. The molecule has 0 aliphatic heterocycles. The fourth-order valence-corrected chi connectivity index (χ4v) is 2.64. The van der Waals surface area contributed by atoms with Gasteiger partial charge in [0.1, 0.15) is 0 Å². The number of carbonyl (C=O) groups is 2. The molecule has 10 heteroatoms. The zero-order valence-corrected chi connectivity index (χ0v) is 17.6. The Morgan fingerprint density at radius 3 is 2.42 bits per heavy atom. The molecule has 2 aromatic rings. The number of thiocarbonyl (C=S) groups is 1. The molecule has 0 bridgehead atoms. The molecule has 0 radical (unpaired) electrons. The lowest BCUT2D eigenvalue weighted by atomic mass is 10.2. The van der Waals surface area contributed by atoms with Crippen molar-refractivity contribution >= 4 is 46.6 Å². The van der Waals surface area contributed by atoms with Crippen molar-refractivity contribution in [1.29, 1.82) is 0 Å². The van der Waals surface area contributed by atoms with Gasteiger partial charge in [0, 0.05) is 49.7 Å². The molecule has 31 heavy (non-hydrogen) atoms. The summed E-state index contributed by atoms with van der Waals surface area (Å²) in [4.78, 5) is 34.2. The fourth-order valence-electron chi connectivity index (χ4n) is 2.42. The van der Waals surface area contributed by atoms with E-state index in [2.05, 4.69) is 16.0 Å². The van der Waals surface area contributed by atoms with Gasteiger partial charge in [-0.05, 0) is 66.7 Å². The average Bonchev–Trinajstić information content (AvgIpc) is 2.76. The van der Waals surface area contributed by atoms with Crippen LogP contribution in [0.5, 0.6) is 0 Å². The summed E-state index contributed by atoms with van der Waals surface area (Å²) < 4.78 is 4.93. The highest BCUT2D eigenvalue weighted by atomic mass is 32.1. The first kappa shape index (κ1) is 23.6. The van der Waals surface area contributed by atoms with E-state index in [-0.39, 0.29) is 16.7 Å². The highest BCUT2D eigenvalue weighted by Gasteiger charge is 2.07. The third-order valence-corrected chi connectivity index (χ3v) is 4.19. The summed E-state index contributed by atoms with van der Waals surface area (Å²) in [6.45, 7) is 1.10. The summed E-state index contributed by atoms with van der Waals surface area (Å²) in [6.07, 6.45) is 3.52. The van der Waals surface area contributed by atoms with Crippen LogP contribution >= 0.6 is 12.2 Å². The number of methoxy groups -OCH3 is 1. The molecule has 3 N–H and O–H groups in total. The van der Waals surface area contributed by atoms with E-state index in [1.54, 1.807) is 31.4 Å². The number of nitrogens with one attached hydrogen (secondary N) is 3. The predicted octanol–water partition coefficient (Wildman–Crippen LogP) is 2.89. The highest BCUT2D eigenvalue weighted by molar-refractivity contribution is 7.80. The Kier molecular flexibility index (Phi) is 9.27. The molecule has 0 unspecified atom stereocenters. The van der Waals surface area contributed by atoms with Crippen LogP contribution in [-0.4, -0.2) is 42.1 Å². The van der Waals surface area contributed by atoms with Gasteiger partial charge < -0.3 is 15.4 Å². The zero-order chi connectivity index (χ0) is 22.6. The molecule has 2 aromatic carbocycles. The van der Waals surface area contributed by atoms with Gasteiger partial charge in [0.05, 0.1) is 4.92 Å². The summed E-state index contributed by atoms with van der Waals surface area (Å²) in [7, 11) is 1.61. The number of hydrogen-bond donors (Lipinski definition) is 3. The van der Waals surface area contributed by atoms with Crippen LogP contribution in [0, 0.1) is 10.1 Å². The van der Waals surface area contributed by atoms with Gasteiger partial charge >= 0.3 is 0 Å². The quantitative estimate of drug-likeness (QED) is 0.179. The van der Waals surface area contributed by atoms with Crippen LogP contribution in [0.3, 0.4) is 0 Å². The number of rotatable bonds is 9. The Morgan fingerprint density at radius 2 is 1.81 bits per heavy atom. The summed E-state index contributed by atoms with van der Waals surface area (Å²) in [5.41, 5.74) is 1.72. The molecule has 0 fully saturated rings. The van der Waals surface area contributed by atoms with E-state index in [0.717, 1.165) is 6.42 Å². The second kappa shape index (κ2) is 12.2. The molecule has 0 saturated carbocycles. The lowest BCUT2D eigenvalue weighted by Crippen LogP contribution is -2.32. The second-order valence-electron chi connectivity index (χ2n) is 6.30. The van der Waals surface area contributed by atoms with Crippen molar-refractivity contribution in [3.8, 4) is 0 Å². The van der Waals surface area contributed by atoms with Gasteiger partial charge in [-0.2, -0.15) is 0 Å². The van der Waals surface area contributed by atoms with Crippen molar-refractivity contribution in [1.82, 2.24) is 10.6 Å². The van der Waals surface area contributed by atoms with E-state index in [4.69, 9.17) is 17.0 Å². The van der Waals surface area contributed by atoms with E-state index in [0.29, 0.717) is 30.0 Å². The smallest absolute Gasteiger partial charge is 0.269 e. The minimum atomic E-state index is -0.494. The predicted molar refractivity (Wildman–Crippen MR) is 122 cm³/mol. The largest absolute Gasteiger partial charge is 0.385 e. The van der Waals surface area contributed by atoms with Crippen LogP contribution in [0.1, 0.15) is 22.3 Å². The monoisotopic (exact) mass is 442 g/mol. The third-order valence-electron chi connectivity index (χ3n) is 3.98. The first-order valence-corrected chi connectivity index (χ1v) is 9.71. The first-order valence-electron chi connectivity index (χ1n) is 9.31. The average molecular weight is 442 g/mol. The van der Waals surface area contributed by atoms with E-state index >= 15 is 0 Å². The van der Waals surface area contributed by atoms with Crippen molar-refractivity contribution in [2.75, 3.05) is 25.6 Å². The fraction of sp³-hybridized carbons (Fsp3) is 0.190. The molecule has 9 nitrogen and oxygen atoms in total. The minimum Gasteiger partial charge on any atom is -0.385 e. The number of carbonyl (C=O) groups excluding carboxylic acids is 2. The van der Waals surface area contributed by atoms with Crippen LogP contribution in [0.4, 0.5) is 11.4 Å². The van der Waals surface area contributed by atoms with Gasteiger partial charge in [0.15, 0.2) is 5.11 Å². The molecule has 0 spiro atoms. The molecule has 0 saturated heterocycles. The summed E-state index contributed by atoms with van der Waals surface area (Å²) in [6, 6.07) is 12.4. The van der Waals surface area contributed by atoms with Crippen LogP contribution in [0.25, 0.3) is 6.08 Å². The second-order valence-corrected chi connectivity index (χ2v) is 6.71. The Hall–Kier alpha value is -3.63. The Balaban J connectivity index is 1.81. The minimum absolute atomic E-state index is 0.0263. The third kappa shape index (κ3) is 8.33. The van der Waals surface area contributed by atoms with E-state index in [9.17, 15) is 19.7 Å².